The number of amides is 1. The van der Waals surface area contributed by atoms with Crippen LogP contribution in [0.5, 0.6) is 11.5 Å². The van der Waals surface area contributed by atoms with Gasteiger partial charge in [0, 0.05) is 26.2 Å². The Kier molecular flexibility index (Phi) is 6.21. The standard InChI is InChI=1S/C20H26N2O6/c1-13(23)17-18(14-4-5-15(26-2)16(12-14)27-3)22(20(25)19(17)24)7-6-21-8-10-28-11-9-21/h4-5,12,18,24H,6-11H2,1-3H3/t18-/m0/s1. The van der Waals surface area contributed by atoms with Gasteiger partial charge < -0.3 is 24.2 Å². The molecule has 8 heteroatoms. The lowest BCUT2D eigenvalue weighted by Gasteiger charge is -2.31. The van der Waals surface area contributed by atoms with Crippen LogP contribution in [0.25, 0.3) is 0 Å². The maximum atomic E-state index is 12.7. The Labute approximate surface area is 164 Å². The van der Waals surface area contributed by atoms with Crippen LogP contribution in [0.3, 0.4) is 0 Å². The molecule has 28 heavy (non-hydrogen) atoms. The molecule has 0 aromatic heterocycles. The molecule has 3 rings (SSSR count). The third-order valence-corrected chi connectivity index (χ3v) is 5.17. The molecule has 152 valence electrons. The third kappa shape index (κ3) is 3.83. The molecule has 1 fully saturated rings. The Morgan fingerprint density at radius 1 is 1.18 bits per heavy atom. The molecule has 0 radical (unpaired) electrons. The van der Waals surface area contributed by atoms with Gasteiger partial charge in [-0.3, -0.25) is 14.5 Å². The number of methoxy groups -OCH3 is 2. The number of aliphatic hydroxyl groups is 1. The zero-order valence-electron chi connectivity index (χ0n) is 16.4. The van der Waals surface area contributed by atoms with Gasteiger partial charge in [0.05, 0.1) is 39.0 Å². The predicted octanol–water partition coefficient (Wildman–Crippen LogP) is 1.32. The van der Waals surface area contributed by atoms with Crippen molar-refractivity contribution in [1.82, 2.24) is 9.80 Å². The van der Waals surface area contributed by atoms with Crippen LogP contribution >= 0.6 is 0 Å². The fourth-order valence-corrected chi connectivity index (χ4v) is 3.69. The van der Waals surface area contributed by atoms with E-state index in [0.717, 1.165) is 13.1 Å². The number of Topliss-reactive ketones (excluding diaryl/α,β-unsaturated/α-hetero) is 1. The second kappa shape index (κ2) is 8.62. The number of nitrogens with zero attached hydrogens (tertiary/aromatic N) is 2. The Balaban J connectivity index is 1.92. The molecule has 1 amide bonds. The molecule has 1 N–H and O–H groups in total. The largest absolute Gasteiger partial charge is 0.503 e. The lowest BCUT2D eigenvalue weighted by molar-refractivity contribution is -0.129. The van der Waals surface area contributed by atoms with E-state index < -0.39 is 17.7 Å². The maximum absolute atomic E-state index is 12.7. The van der Waals surface area contributed by atoms with Crippen molar-refractivity contribution >= 4 is 11.7 Å². The van der Waals surface area contributed by atoms with Crippen LogP contribution in [-0.4, -0.2) is 80.2 Å². The SMILES string of the molecule is COc1ccc([C@H]2C(C(C)=O)=C(O)C(=O)N2CCN2CCOCC2)cc1OC. The molecule has 1 aromatic carbocycles. The smallest absolute Gasteiger partial charge is 0.290 e. The van der Waals surface area contributed by atoms with E-state index in [1.807, 2.05) is 0 Å². The predicted molar refractivity (Wildman–Crippen MR) is 102 cm³/mol. The lowest BCUT2D eigenvalue weighted by Crippen LogP contribution is -2.43. The van der Waals surface area contributed by atoms with Crippen LogP contribution in [0.15, 0.2) is 29.5 Å². The molecule has 2 heterocycles. The summed E-state index contributed by atoms with van der Waals surface area (Å²) in [5.74, 6) is -0.296. The van der Waals surface area contributed by atoms with Gasteiger partial charge in [-0.25, -0.2) is 0 Å². The zero-order valence-corrected chi connectivity index (χ0v) is 16.4. The van der Waals surface area contributed by atoms with Crippen molar-refractivity contribution in [1.29, 1.82) is 0 Å². The molecular weight excluding hydrogens is 364 g/mol. The van der Waals surface area contributed by atoms with Crippen molar-refractivity contribution in [2.75, 3.05) is 53.6 Å². The summed E-state index contributed by atoms with van der Waals surface area (Å²) in [5.41, 5.74) is 0.793. The van der Waals surface area contributed by atoms with Gasteiger partial charge in [0.15, 0.2) is 23.0 Å². The summed E-state index contributed by atoms with van der Waals surface area (Å²) in [4.78, 5) is 28.7. The average molecular weight is 390 g/mol. The van der Waals surface area contributed by atoms with E-state index in [-0.39, 0.29) is 11.4 Å². The number of ether oxygens (including phenoxy) is 3. The molecule has 0 aliphatic carbocycles. The second-order valence-corrected chi connectivity index (χ2v) is 6.79. The van der Waals surface area contributed by atoms with E-state index in [1.54, 1.807) is 23.1 Å². The average Bonchev–Trinajstić information content (AvgIpc) is 2.97. The fourth-order valence-electron chi connectivity index (χ4n) is 3.69. The third-order valence-electron chi connectivity index (χ3n) is 5.17. The van der Waals surface area contributed by atoms with E-state index in [0.29, 0.717) is 43.4 Å². The fraction of sp³-hybridized carbons (Fsp3) is 0.500. The number of morpholine rings is 1. The Morgan fingerprint density at radius 3 is 2.46 bits per heavy atom. The van der Waals surface area contributed by atoms with Crippen LogP contribution < -0.4 is 9.47 Å². The van der Waals surface area contributed by atoms with Crippen molar-refractivity contribution in [2.24, 2.45) is 0 Å². The molecule has 1 aromatic rings. The van der Waals surface area contributed by atoms with Gasteiger partial charge in [0.1, 0.15) is 0 Å². The molecule has 2 aliphatic rings. The Morgan fingerprint density at radius 2 is 1.86 bits per heavy atom. The van der Waals surface area contributed by atoms with Gasteiger partial charge in [-0.15, -0.1) is 0 Å². The van der Waals surface area contributed by atoms with Gasteiger partial charge >= 0.3 is 0 Å². The first kappa shape index (κ1) is 20.2. The highest BCUT2D eigenvalue weighted by Gasteiger charge is 2.42. The number of ketones is 1. The monoisotopic (exact) mass is 390 g/mol. The van der Waals surface area contributed by atoms with Crippen molar-refractivity contribution in [3.05, 3.63) is 35.1 Å². The molecule has 1 saturated heterocycles. The van der Waals surface area contributed by atoms with Crippen LogP contribution in [-0.2, 0) is 14.3 Å². The minimum absolute atomic E-state index is 0.110. The highest BCUT2D eigenvalue weighted by molar-refractivity contribution is 6.08. The van der Waals surface area contributed by atoms with E-state index in [2.05, 4.69) is 4.90 Å². The van der Waals surface area contributed by atoms with Gasteiger partial charge in [-0.2, -0.15) is 0 Å². The maximum Gasteiger partial charge on any atom is 0.290 e. The highest BCUT2D eigenvalue weighted by atomic mass is 16.5. The van der Waals surface area contributed by atoms with Crippen LogP contribution in [0.1, 0.15) is 18.5 Å². The number of aliphatic hydroxyl groups excluding tert-OH is 1. The van der Waals surface area contributed by atoms with Crippen molar-refractivity contribution in [3.63, 3.8) is 0 Å². The van der Waals surface area contributed by atoms with Gasteiger partial charge in [-0.05, 0) is 24.6 Å². The normalized spacial score (nSPS) is 20.6. The first-order valence-electron chi connectivity index (χ1n) is 9.25. The molecule has 2 aliphatic heterocycles. The van der Waals surface area contributed by atoms with Gasteiger partial charge in [0.25, 0.3) is 5.91 Å². The van der Waals surface area contributed by atoms with Crippen molar-refractivity contribution in [3.8, 4) is 11.5 Å². The van der Waals surface area contributed by atoms with E-state index in [1.165, 1.54) is 21.1 Å². The summed E-state index contributed by atoms with van der Waals surface area (Å²) < 4.78 is 16.0. The van der Waals surface area contributed by atoms with E-state index in [4.69, 9.17) is 14.2 Å². The van der Waals surface area contributed by atoms with Gasteiger partial charge in [-0.1, -0.05) is 6.07 Å². The minimum atomic E-state index is -0.661. The van der Waals surface area contributed by atoms with Crippen LogP contribution in [0.4, 0.5) is 0 Å². The summed E-state index contributed by atoms with van der Waals surface area (Å²) in [6.07, 6.45) is 0. The number of carbonyl (C=O) groups excluding carboxylic acids is 2. The zero-order chi connectivity index (χ0) is 20.3. The summed E-state index contributed by atoms with van der Waals surface area (Å²) in [7, 11) is 3.06. The van der Waals surface area contributed by atoms with E-state index >= 15 is 0 Å². The number of hydrogen-bond acceptors (Lipinski definition) is 7. The second-order valence-electron chi connectivity index (χ2n) is 6.79. The summed E-state index contributed by atoms with van der Waals surface area (Å²) in [5, 5.41) is 10.4. The van der Waals surface area contributed by atoms with Crippen LogP contribution in [0.2, 0.25) is 0 Å². The number of carbonyl (C=O) groups is 2. The topological polar surface area (TPSA) is 88.5 Å². The summed E-state index contributed by atoms with van der Waals surface area (Å²) in [6.45, 7) is 5.29. The first-order valence-corrected chi connectivity index (χ1v) is 9.25. The number of benzene rings is 1. The molecule has 0 unspecified atom stereocenters. The molecule has 1 atom stereocenters. The number of hydrogen-bond donors (Lipinski definition) is 1. The van der Waals surface area contributed by atoms with E-state index in [9.17, 15) is 14.7 Å². The van der Waals surface area contributed by atoms with Crippen LogP contribution in [0, 0.1) is 0 Å². The minimum Gasteiger partial charge on any atom is -0.503 e. The highest BCUT2D eigenvalue weighted by Crippen LogP contribution is 2.40. The Hall–Kier alpha value is -2.58. The van der Waals surface area contributed by atoms with Crippen molar-refractivity contribution in [2.45, 2.75) is 13.0 Å². The molecule has 8 nitrogen and oxygen atoms in total. The molecular formula is C20H26N2O6. The first-order chi connectivity index (χ1) is 13.5. The van der Waals surface area contributed by atoms with Crippen molar-refractivity contribution < 1.29 is 28.9 Å². The Bertz CT molecular complexity index is 785. The molecule has 0 saturated carbocycles. The quantitative estimate of drug-likeness (QED) is 0.751. The lowest BCUT2D eigenvalue weighted by atomic mass is 9.96. The van der Waals surface area contributed by atoms with Gasteiger partial charge in [0.2, 0.25) is 0 Å². The molecule has 0 spiro atoms. The molecule has 0 bridgehead atoms. The summed E-state index contributed by atoms with van der Waals surface area (Å²) >= 11 is 0. The number of rotatable bonds is 7. The summed E-state index contributed by atoms with van der Waals surface area (Å²) in [6, 6.07) is 4.58.